The highest BCUT2D eigenvalue weighted by molar-refractivity contribution is 6.39. The third kappa shape index (κ3) is 5.02. The van der Waals surface area contributed by atoms with E-state index in [2.05, 4.69) is 36.4 Å². The lowest BCUT2D eigenvalue weighted by Crippen LogP contribution is -2.32. The molecule has 0 aliphatic rings. The van der Waals surface area contributed by atoms with Crippen LogP contribution in [0.4, 0.5) is 0 Å². The molecular formula is C21H23Cl2N2O2+. The second-order valence-corrected chi connectivity index (χ2v) is 7.39. The fourth-order valence-corrected chi connectivity index (χ4v) is 3.78. The van der Waals surface area contributed by atoms with Crippen LogP contribution in [0.2, 0.25) is 10.3 Å². The molecule has 0 fully saturated rings. The van der Waals surface area contributed by atoms with Crippen molar-refractivity contribution in [3.63, 3.8) is 0 Å². The maximum atomic E-state index is 10.6. The van der Waals surface area contributed by atoms with Crippen LogP contribution in [0, 0.1) is 0 Å². The Kier molecular flexibility index (Phi) is 6.75. The number of benzene rings is 2. The van der Waals surface area contributed by atoms with Crippen molar-refractivity contribution in [3.8, 4) is 0 Å². The molecule has 0 radical (unpaired) electrons. The van der Waals surface area contributed by atoms with E-state index in [1.54, 1.807) is 0 Å². The Morgan fingerprint density at radius 3 is 2.63 bits per heavy atom. The number of carboxylic acids is 1. The number of carbonyl (C=O) groups is 1. The molecule has 6 heteroatoms. The quantitative estimate of drug-likeness (QED) is 0.396. The molecule has 27 heavy (non-hydrogen) atoms. The highest BCUT2D eigenvalue weighted by Gasteiger charge is 2.19. The van der Waals surface area contributed by atoms with Gasteiger partial charge in [0.1, 0.15) is 0 Å². The Hall–Kier alpha value is -2.04. The van der Waals surface area contributed by atoms with Crippen LogP contribution in [0.25, 0.3) is 10.8 Å². The molecule has 1 N–H and O–H groups in total. The summed E-state index contributed by atoms with van der Waals surface area (Å²) in [5, 5.41) is 12.3. The van der Waals surface area contributed by atoms with Gasteiger partial charge in [-0.15, -0.1) is 0 Å². The third-order valence-electron chi connectivity index (χ3n) is 4.74. The number of imidazole rings is 1. The maximum Gasteiger partial charge on any atom is 0.303 e. The van der Waals surface area contributed by atoms with E-state index >= 15 is 0 Å². The van der Waals surface area contributed by atoms with Gasteiger partial charge in [0.2, 0.25) is 6.33 Å². The van der Waals surface area contributed by atoms with Crippen LogP contribution in [0.3, 0.4) is 0 Å². The zero-order chi connectivity index (χ0) is 19.2. The summed E-state index contributed by atoms with van der Waals surface area (Å²) in [6.45, 7) is 1.48. The number of fused-ring (bicyclic) bond motifs is 1. The van der Waals surface area contributed by atoms with E-state index in [-0.39, 0.29) is 6.42 Å². The monoisotopic (exact) mass is 405 g/mol. The van der Waals surface area contributed by atoms with Gasteiger partial charge in [0.05, 0.1) is 13.1 Å². The number of aryl methyl sites for hydroxylation is 3. The average Bonchev–Trinajstić information content (AvgIpc) is 2.94. The topological polar surface area (TPSA) is 46.1 Å². The van der Waals surface area contributed by atoms with Gasteiger partial charge in [-0.25, -0.2) is 9.13 Å². The third-order valence-corrected chi connectivity index (χ3v) is 5.63. The van der Waals surface area contributed by atoms with Crippen LogP contribution in [0.15, 0.2) is 48.8 Å². The summed E-state index contributed by atoms with van der Waals surface area (Å²) in [7, 11) is 0. The predicted molar refractivity (Wildman–Crippen MR) is 108 cm³/mol. The number of nitrogens with zero attached hydrogens (tertiary/aromatic N) is 2. The summed E-state index contributed by atoms with van der Waals surface area (Å²) < 4.78 is 3.91. The van der Waals surface area contributed by atoms with Gasteiger partial charge in [-0.1, -0.05) is 42.5 Å². The van der Waals surface area contributed by atoms with Gasteiger partial charge in [-0.2, -0.15) is 0 Å². The number of carboxylic acid groups (broad SMARTS) is 1. The van der Waals surface area contributed by atoms with Gasteiger partial charge in [-0.05, 0) is 58.8 Å². The van der Waals surface area contributed by atoms with E-state index in [9.17, 15) is 4.79 Å². The van der Waals surface area contributed by atoms with Gasteiger partial charge in [0, 0.05) is 12.8 Å². The first kappa shape index (κ1) is 19.7. The molecule has 0 saturated carbocycles. The molecular weight excluding hydrogens is 383 g/mol. The summed E-state index contributed by atoms with van der Waals surface area (Å²) in [6.07, 6.45) is 5.45. The van der Waals surface area contributed by atoms with Gasteiger partial charge in [0.15, 0.2) is 0 Å². The first-order valence-corrected chi connectivity index (χ1v) is 9.94. The van der Waals surface area contributed by atoms with E-state index in [4.69, 9.17) is 28.3 Å². The molecule has 3 aromatic rings. The minimum Gasteiger partial charge on any atom is -0.481 e. The smallest absolute Gasteiger partial charge is 0.303 e. The van der Waals surface area contributed by atoms with Crippen LogP contribution in [0.5, 0.6) is 0 Å². The summed E-state index contributed by atoms with van der Waals surface area (Å²) in [5.74, 6) is -0.747. The van der Waals surface area contributed by atoms with E-state index < -0.39 is 5.97 Å². The molecule has 2 aromatic carbocycles. The van der Waals surface area contributed by atoms with Crippen LogP contribution < -0.4 is 4.57 Å². The van der Waals surface area contributed by atoms with Crippen molar-refractivity contribution in [2.24, 2.45) is 0 Å². The number of rotatable bonds is 9. The van der Waals surface area contributed by atoms with E-state index in [1.807, 2.05) is 21.5 Å². The Bertz CT molecular complexity index is 932. The molecule has 0 bridgehead atoms. The summed E-state index contributed by atoms with van der Waals surface area (Å²) in [4.78, 5) is 10.6. The Balaban J connectivity index is 1.63. The summed E-state index contributed by atoms with van der Waals surface area (Å²) >= 11 is 12.8. The van der Waals surface area contributed by atoms with Crippen molar-refractivity contribution in [2.45, 2.75) is 45.2 Å². The molecule has 0 aliphatic heterocycles. The SMILES string of the molecule is O=C(O)CCCCC[n+]1cn(CCc2cccc3ccccc23)c(Cl)c1Cl. The van der Waals surface area contributed by atoms with Crippen molar-refractivity contribution >= 4 is 39.9 Å². The first-order chi connectivity index (χ1) is 13.1. The lowest BCUT2D eigenvalue weighted by atomic mass is 10.0. The van der Waals surface area contributed by atoms with Crippen LogP contribution in [0.1, 0.15) is 31.2 Å². The van der Waals surface area contributed by atoms with Crippen LogP contribution in [-0.2, 0) is 24.3 Å². The number of halogens is 2. The Morgan fingerprint density at radius 1 is 1.04 bits per heavy atom. The highest BCUT2D eigenvalue weighted by atomic mass is 35.5. The van der Waals surface area contributed by atoms with E-state index in [1.165, 1.54) is 16.3 Å². The second kappa shape index (κ2) is 9.25. The zero-order valence-corrected chi connectivity index (χ0v) is 16.6. The zero-order valence-electron chi connectivity index (χ0n) is 15.1. The molecule has 0 atom stereocenters. The lowest BCUT2D eigenvalue weighted by molar-refractivity contribution is -0.694. The molecule has 0 saturated heterocycles. The van der Waals surface area contributed by atoms with Crippen molar-refractivity contribution in [1.29, 1.82) is 0 Å². The number of aliphatic carboxylic acids is 1. The van der Waals surface area contributed by atoms with E-state index in [0.717, 1.165) is 32.4 Å². The van der Waals surface area contributed by atoms with E-state index in [0.29, 0.717) is 16.7 Å². The molecule has 1 aromatic heterocycles. The van der Waals surface area contributed by atoms with Gasteiger partial charge in [0.25, 0.3) is 10.3 Å². The maximum absolute atomic E-state index is 10.6. The average molecular weight is 406 g/mol. The number of hydrogen-bond acceptors (Lipinski definition) is 1. The minimum atomic E-state index is -0.747. The fraction of sp³-hybridized carbons (Fsp3) is 0.333. The number of aromatic nitrogens is 2. The van der Waals surface area contributed by atoms with Crippen molar-refractivity contribution in [2.75, 3.05) is 0 Å². The van der Waals surface area contributed by atoms with Crippen LogP contribution in [-0.4, -0.2) is 15.6 Å². The molecule has 4 nitrogen and oxygen atoms in total. The summed E-state index contributed by atoms with van der Waals surface area (Å²) in [6, 6.07) is 14.7. The predicted octanol–water partition coefficient (Wildman–Crippen LogP) is 5.12. The fourth-order valence-electron chi connectivity index (χ4n) is 3.30. The second-order valence-electron chi connectivity index (χ2n) is 6.68. The van der Waals surface area contributed by atoms with Gasteiger partial charge < -0.3 is 5.11 Å². The highest BCUT2D eigenvalue weighted by Crippen LogP contribution is 2.22. The standard InChI is InChI=1S/C21H22Cl2N2O2/c22-20-21(23)25(15-24(20)13-5-1-2-11-19(26)27)14-12-17-9-6-8-16-7-3-4-10-18(16)17/h3-4,6-10,15H,1-2,5,11-14H2/p+1. The number of hydrogen-bond donors (Lipinski definition) is 1. The van der Waals surface area contributed by atoms with Gasteiger partial charge in [-0.3, -0.25) is 4.79 Å². The van der Waals surface area contributed by atoms with Crippen molar-refractivity contribution in [1.82, 2.24) is 4.57 Å². The summed E-state index contributed by atoms with van der Waals surface area (Å²) in [5.41, 5.74) is 1.29. The normalized spacial score (nSPS) is 11.2. The van der Waals surface area contributed by atoms with Crippen molar-refractivity contribution in [3.05, 3.63) is 64.7 Å². The first-order valence-electron chi connectivity index (χ1n) is 9.18. The Morgan fingerprint density at radius 2 is 1.81 bits per heavy atom. The van der Waals surface area contributed by atoms with Crippen molar-refractivity contribution < 1.29 is 14.5 Å². The molecule has 3 rings (SSSR count). The number of unbranched alkanes of at least 4 members (excludes halogenated alkanes) is 2. The Labute approximate surface area is 169 Å². The molecule has 0 spiro atoms. The lowest BCUT2D eigenvalue weighted by Gasteiger charge is -2.05. The molecule has 0 aliphatic carbocycles. The minimum absolute atomic E-state index is 0.213. The largest absolute Gasteiger partial charge is 0.481 e. The van der Waals surface area contributed by atoms with Gasteiger partial charge >= 0.3 is 5.97 Å². The molecule has 0 amide bonds. The molecule has 1 heterocycles. The van der Waals surface area contributed by atoms with Crippen LogP contribution >= 0.6 is 23.2 Å². The molecule has 142 valence electrons. The molecule has 0 unspecified atom stereocenters.